The molecule has 0 radical (unpaired) electrons. The molecule has 1 atom stereocenters. The fourth-order valence-electron chi connectivity index (χ4n) is 1.70. The standard InChI is InChI=1S/C13H19F2N/c1-9(16-13(2,3)4)10-6-5-7-11(8-10)12(14)15/h5-9,12,16H,1-4H3. The fraction of sp³-hybridized carbons (Fsp3) is 0.538. The molecule has 0 amide bonds. The van der Waals surface area contributed by atoms with Crippen molar-refractivity contribution in [3.8, 4) is 0 Å². The van der Waals surface area contributed by atoms with E-state index in [9.17, 15) is 8.78 Å². The van der Waals surface area contributed by atoms with Gasteiger partial charge in [0.25, 0.3) is 6.43 Å². The number of rotatable bonds is 3. The van der Waals surface area contributed by atoms with Crippen molar-refractivity contribution in [2.75, 3.05) is 0 Å². The number of halogens is 2. The van der Waals surface area contributed by atoms with Gasteiger partial charge in [0.15, 0.2) is 0 Å². The van der Waals surface area contributed by atoms with Gasteiger partial charge in [0.05, 0.1) is 0 Å². The average Bonchev–Trinajstić information content (AvgIpc) is 2.15. The fourth-order valence-corrected chi connectivity index (χ4v) is 1.70. The number of hydrogen-bond acceptors (Lipinski definition) is 1. The van der Waals surface area contributed by atoms with Crippen molar-refractivity contribution >= 4 is 0 Å². The van der Waals surface area contributed by atoms with Crippen molar-refractivity contribution in [3.63, 3.8) is 0 Å². The molecule has 0 spiro atoms. The van der Waals surface area contributed by atoms with Gasteiger partial charge in [-0.3, -0.25) is 0 Å². The minimum atomic E-state index is -2.40. The van der Waals surface area contributed by atoms with E-state index in [4.69, 9.17) is 0 Å². The predicted molar refractivity (Wildman–Crippen MR) is 62.7 cm³/mol. The second-order valence-corrected chi connectivity index (χ2v) is 5.09. The summed E-state index contributed by atoms with van der Waals surface area (Å²) in [5.74, 6) is 0. The van der Waals surface area contributed by atoms with Crippen LogP contribution in [0.5, 0.6) is 0 Å². The van der Waals surface area contributed by atoms with Crippen molar-refractivity contribution < 1.29 is 8.78 Å². The maximum Gasteiger partial charge on any atom is 0.263 e. The summed E-state index contributed by atoms with van der Waals surface area (Å²) in [6.07, 6.45) is -2.40. The van der Waals surface area contributed by atoms with Crippen molar-refractivity contribution in [3.05, 3.63) is 35.4 Å². The summed E-state index contributed by atoms with van der Waals surface area (Å²) in [6.45, 7) is 8.15. The van der Waals surface area contributed by atoms with E-state index in [2.05, 4.69) is 26.1 Å². The van der Waals surface area contributed by atoms with E-state index in [-0.39, 0.29) is 17.1 Å². The molecule has 1 unspecified atom stereocenters. The van der Waals surface area contributed by atoms with Crippen LogP contribution in [0, 0.1) is 0 Å². The van der Waals surface area contributed by atoms with Crippen molar-refractivity contribution in [2.24, 2.45) is 0 Å². The third-order valence-electron chi connectivity index (χ3n) is 2.31. The Morgan fingerprint density at radius 1 is 1.12 bits per heavy atom. The molecule has 0 fully saturated rings. The molecule has 0 aliphatic carbocycles. The largest absolute Gasteiger partial charge is 0.306 e. The molecule has 0 saturated carbocycles. The van der Waals surface area contributed by atoms with Crippen molar-refractivity contribution in [2.45, 2.75) is 45.7 Å². The molecular weight excluding hydrogens is 208 g/mol. The minimum Gasteiger partial charge on any atom is -0.306 e. The van der Waals surface area contributed by atoms with Crippen LogP contribution in [0.4, 0.5) is 8.78 Å². The van der Waals surface area contributed by atoms with Crippen LogP contribution in [0.25, 0.3) is 0 Å². The second kappa shape index (κ2) is 4.91. The van der Waals surface area contributed by atoms with Crippen LogP contribution >= 0.6 is 0 Å². The van der Waals surface area contributed by atoms with Gasteiger partial charge in [0, 0.05) is 17.1 Å². The van der Waals surface area contributed by atoms with Gasteiger partial charge in [-0.25, -0.2) is 8.78 Å². The molecule has 1 nitrogen and oxygen atoms in total. The Balaban J connectivity index is 2.83. The van der Waals surface area contributed by atoms with E-state index >= 15 is 0 Å². The maximum atomic E-state index is 12.5. The van der Waals surface area contributed by atoms with Crippen LogP contribution < -0.4 is 5.32 Å². The number of nitrogens with one attached hydrogen (secondary N) is 1. The summed E-state index contributed by atoms with van der Waals surface area (Å²) >= 11 is 0. The summed E-state index contributed by atoms with van der Waals surface area (Å²) in [5, 5.41) is 3.36. The lowest BCUT2D eigenvalue weighted by Crippen LogP contribution is -2.37. The molecule has 0 aromatic heterocycles. The predicted octanol–water partition coefficient (Wildman–Crippen LogP) is 4.07. The van der Waals surface area contributed by atoms with Gasteiger partial charge in [-0.05, 0) is 39.3 Å². The number of benzene rings is 1. The molecule has 0 aliphatic rings. The number of hydrogen-bond donors (Lipinski definition) is 1. The zero-order valence-electron chi connectivity index (χ0n) is 10.2. The molecule has 0 aliphatic heterocycles. The Bertz CT molecular complexity index is 342. The van der Waals surface area contributed by atoms with E-state index < -0.39 is 6.43 Å². The van der Waals surface area contributed by atoms with Gasteiger partial charge >= 0.3 is 0 Å². The van der Waals surface area contributed by atoms with Gasteiger partial charge in [0.1, 0.15) is 0 Å². The van der Waals surface area contributed by atoms with E-state index in [1.54, 1.807) is 12.1 Å². The summed E-state index contributed by atoms with van der Waals surface area (Å²) in [6, 6.07) is 6.64. The lowest BCUT2D eigenvalue weighted by atomic mass is 10.0. The third kappa shape index (κ3) is 3.89. The van der Waals surface area contributed by atoms with Gasteiger partial charge in [-0.1, -0.05) is 18.2 Å². The van der Waals surface area contributed by atoms with Crippen LogP contribution in [0.2, 0.25) is 0 Å². The zero-order valence-corrected chi connectivity index (χ0v) is 10.2. The van der Waals surface area contributed by atoms with E-state index in [0.29, 0.717) is 0 Å². The average molecular weight is 227 g/mol. The third-order valence-corrected chi connectivity index (χ3v) is 2.31. The molecule has 1 aromatic carbocycles. The first kappa shape index (κ1) is 13.1. The molecular formula is C13H19F2N. The lowest BCUT2D eigenvalue weighted by molar-refractivity contribution is 0.151. The molecule has 0 saturated heterocycles. The molecule has 90 valence electrons. The highest BCUT2D eigenvalue weighted by atomic mass is 19.3. The summed E-state index contributed by atoms with van der Waals surface area (Å²) in [4.78, 5) is 0. The minimum absolute atomic E-state index is 0.0275. The Labute approximate surface area is 95.9 Å². The Kier molecular flexibility index (Phi) is 4.03. The molecule has 1 N–H and O–H groups in total. The molecule has 1 aromatic rings. The quantitative estimate of drug-likeness (QED) is 0.820. The highest BCUT2D eigenvalue weighted by Crippen LogP contribution is 2.23. The van der Waals surface area contributed by atoms with Gasteiger partial charge in [-0.2, -0.15) is 0 Å². The van der Waals surface area contributed by atoms with E-state index in [1.165, 1.54) is 6.07 Å². The molecule has 3 heteroatoms. The van der Waals surface area contributed by atoms with Crippen LogP contribution in [-0.2, 0) is 0 Å². The van der Waals surface area contributed by atoms with Crippen LogP contribution in [-0.4, -0.2) is 5.54 Å². The topological polar surface area (TPSA) is 12.0 Å². The van der Waals surface area contributed by atoms with Crippen molar-refractivity contribution in [1.29, 1.82) is 0 Å². The maximum absolute atomic E-state index is 12.5. The molecule has 0 bridgehead atoms. The van der Waals surface area contributed by atoms with Crippen LogP contribution in [0.15, 0.2) is 24.3 Å². The van der Waals surface area contributed by atoms with Gasteiger partial charge in [0.2, 0.25) is 0 Å². The van der Waals surface area contributed by atoms with E-state index in [1.807, 2.05) is 13.0 Å². The smallest absolute Gasteiger partial charge is 0.263 e. The highest BCUT2D eigenvalue weighted by Gasteiger charge is 2.16. The highest BCUT2D eigenvalue weighted by molar-refractivity contribution is 5.26. The second-order valence-electron chi connectivity index (χ2n) is 5.09. The SMILES string of the molecule is CC(NC(C)(C)C)c1cccc(C(F)F)c1. The molecule has 1 rings (SSSR count). The first-order valence-corrected chi connectivity index (χ1v) is 5.45. The lowest BCUT2D eigenvalue weighted by Gasteiger charge is -2.26. The first-order valence-electron chi connectivity index (χ1n) is 5.45. The van der Waals surface area contributed by atoms with E-state index in [0.717, 1.165) is 5.56 Å². The van der Waals surface area contributed by atoms with Crippen LogP contribution in [0.1, 0.15) is 51.3 Å². The summed E-state index contributed by atoms with van der Waals surface area (Å²) in [5.41, 5.74) is 0.952. The van der Waals surface area contributed by atoms with Crippen molar-refractivity contribution in [1.82, 2.24) is 5.32 Å². The van der Waals surface area contributed by atoms with Gasteiger partial charge < -0.3 is 5.32 Å². The Morgan fingerprint density at radius 3 is 2.19 bits per heavy atom. The Hall–Kier alpha value is -0.960. The monoisotopic (exact) mass is 227 g/mol. The molecule has 16 heavy (non-hydrogen) atoms. The summed E-state index contributed by atoms with van der Waals surface area (Å²) < 4.78 is 25.1. The van der Waals surface area contributed by atoms with Crippen LogP contribution in [0.3, 0.4) is 0 Å². The normalized spacial score (nSPS) is 14.2. The van der Waals surface area contributed by atoms with Gasteiger partial charge in [-0.15, -0.1) is 0 Å². The summed E-state index contributed by atoms with van der Waals surface area (Å²) in [7, 11) is 0. The first-order chi connectivity index (χ1) is 7.29. The zero-order chi connectivity index (χ0) is 12.3. The molecule has 0 heterocycles. The number of alkyl halides is 2. The Morgan fingerprint density at radius 2 is 1.69 bits per heavy atom.